The fourth-order valence-electron chi connectivity index (χ4n) is 3.63. The minimum absolute atomic E-state index is 0.0788. The summed E-state index contributed by atoms with van der Waals surface area (Å²) in [5.74, 6) is 0.253. The number of allylic oxidation sites excluding steroid dienone is 2. The minimum atomic E-state index is -0.304. The fourth-order valence-corrected chi connectivity index (χ4v) is 3.63. The molecule has 0 spiro atoms. The maximum Gasteiger partial charge on any atom is 0.228 e. The number of hydrogen-bond acceptors (Lipinski definition) is 3. The Kier molecular flexibility index (Phi) is 5.74. The smallest absolute Gasteiger partial charge is 0.228 e. The number of amides is 2. The molecular formula is C20H26N2O3. The standard InChI is InChI=1S/C20H26N2O3/c1-25-16-11-9-15(10-12-16)21-19(23)17-7-3-4-8-18(17)20(24)22-13-5-2-6-14-22/h3-4,9-12,17-18H,2,5-8,13-14H2,1H3,(H,21,23)/t17-,18-/m0/s1. The van der Waals surface area contributed by atoms with Crippen LogP contribution in [-0.4, -0.2) is 36.9 Å². The second-order valence-electron chi connectivity index (χ2n) is 6.76. The molecule has 1 aliphatic heterocycles. The summed E-state index contributed by atoms with van der Waals surface area (Å²) >= 11 is 0. The zero-order chi connectivity index (χ0) is 17.6. The van der Waals surface area contributed by atoms with Crippen LogP contribution < -0.4 is 10.1 Å². The molecule has 2 atom stereocenters. The maximum absolute atomic E-state index is 12.9. The predicted octanol–water partition coefficient (Wildman–Crippen LogP) is 3.23. The third-order valence-electron chi connectivity index (χ3n) is 5.11. The molecular weight excluding hydrogens is 316 g/mol. The van der Waals surface area contributed by atoms with Crippen LogP contribution in [0, 0.1) is 11.8 Å². The summed E-state index contributed by atoms with van der Waals surface area (Å²) in [6.07, 6.45) is 8.63. The van der Waals surface area contributed by atoms with Crippen molar-refractivity contribution in [3.63, 3.8) is 0 Å². The molecule has 5 nitrogen and oxygen atoms in total. The van der Waals surface area contributed by atoms with Gasteiger partial charge >= 0.3 is 0 Å². The monoisotopic (exact) mass is 342 g/mol. The fraction of sp³-hybridized carbons (Fsp3) is 0.500. The quantitative estimate of drug-likeness (QED) is 0.855. The van der Waals surface area contributed by atoms with E-state index in [4.69, 9.17) is 4.74 Å². The van der Waals surface area contributed by atoms with Gasteiger partial charge in [-0.15, -0.1) is 0 Å². The first-order valence-corrected chi connectivity index (χ1v) is 9.08. The second-order valence-corrected chi connectivity index (χ2v) is 6.76. The number of benzene rings is 1. The molecule has 5 heteroatoms. The maximum atomic E-state index is 12.9. The molecule has 1 aromatic rings. The van der Waals surface area contributed by atoms with Crippen LogP contribution in [0.15, 0.2) is 36.4 Å². The van der Waals surface area contributed by atoms with Crippen molar-refractivity contribution < 1.29 is 14.3 Å². The molecule has 2 amide bonds. The minimum Gasteiger partial charge on any atom is -0.497 e. The van der Waals surface area contributed by atoms with Gasteiger partial charge in [0.2, 0.25) is 11.8 Å². The highest BCUT2D eigenvalue weighted by atomic mass is 16.5. The summed E-state index contributed by atoms with van der Waals surface area (Å²) in [5.41, 5.74) is 0.726. The lowest BCUT2D eigenvalue weighted by Crippen LogP contribution is -2.45. The van der Waals surface area contributed by atoms with Crippen LogP contribution in [-0.2, 0) is 9.59 Å². The van der Waals surface area contributed by atoms with Crippen LogP contribution in [0.25, 0.3) is 0 Å². The number of ether oxygens (including phenoxy) is 1. The molecule has 0 bridgehead atoms. The number of hydrogen-bond donors (Lipinski definition) is 1. The molecule has 1 aliphatic carbocycles. The average molecular weight is 342 g/mol. The first-order valence-electron chi connectivity index (χ1n) is 9.08. The van der Waals surface area contributed by atoms with Crippen LogP contribution in [0.3, 0.4) is 0 Å². The Bertz CT molecular complexity index is 633. The van der Waals surface area contributed by atoms with Crippen molar-refractivity contribution in [3.8, 4) is 5.75 Å². The van der Waals surface area contributed by atoms with E-state index in [1.165, 1.54) is 6.42 Å². The van der Waals surface area contributed by atoms with Crippen molar-refractivity contribution in [1.82, 2.24) is 4.90 Å². The molecule has 1 fully saturated rings. The number of nitrogens with zero attached hydrogens (tertiary/aromatic N) is 1. The summed E-state index contributed by atoms with van der Waals surface area (Å²) in [4.78, 5) is 27.6. The molecule has 134 valence electrons. The SMILES string of the molecule is COc1ccc(NC(=O)[C@H]2CC=CC[C@@H]2C(=O)N2CCCCC2)cc1. The number of nitrogens with one attached hydrogen (secondary N) is 1. The third kappa shape index (κ3) is 4.21. The Morgan fingerprint density at radius 2 is 1.64 bits per heavy atom. The lowest BCUT2D eigenvalue weighted by atomic mass is 9.81. The molecule has 0 saturated carbocycles. The molecule has 2 aliphatic rings. The topological polar surface area (TPSA) is 58.6 Å². The van der Waals surface area contributed by atoms with E-state index >= 15 is 0 Å². The molecule has 0 aromatic heterocycles. The van der Waals surface area contributed by atoms with Gasteiger partial charge in [0, 0.05) is 18.8 Å². The Hall–Kier alpha value is -2.30. The van der Waals surface area contributed by atoms with Crippen LogP contribution in [0.4, 0.5) is 5.69 Å². The van der Waals surface area contributed by atoms with Crippen LogP contribution >= 0.6 is 0 Å². The Morgan fingerprint density at radius 1 is 1.00 bits per heavy atom. The van der Waals surface area contributed by atoms with Crippen LogP contribution in [0.5, 0.6) is 5.75 Å². The van der Waals surface area contributed by atoms with E-state index < -0.39 is 0 Å². The summed E-state index contributed by atoms with van der Waals surface area (Å²) in [6, 6.07) is 7.26. The number of rotatable bonds is 4. The largest absolute Gasteiger partial charge is 0.497 e. The molecule has 25 heavy (non-hydrogen) atoms. The van der Waals surface area contributed by atoms with Gasteiger partial charge < -0.3 is 15.0 Å². The van der Waals surface area contributed by atoms with Crippen molar-refractivity contribution in [2.24, 2.45) is 11.8 Å². The summed E-state index contributed by atoms with van der Waals surface area (Å²) < 4.78 is 5.13. The molecule has 1 N–H and O–H groups in total. The van der Waals surface area contributed by atoms with Crippen molar-refractivity contribution in [3.05, 3.63) is 36.4 Å². The van der Waals surface area contributed by atoms with Crippen molar-refractivity contribution in [1.29, 1.82) is 0 Å². The van der Waals surface area contributed by atoms with Crippen molar-refractivity contribution in [2.45, 2.75) is 32.1 Å². The van der Waals surface area contributed by atoms with E-state index in [0.717, 1.165) is 37.4 Å². The first-order chi connectivity index (χ1) is 12.2. The van der Waals surface area contributed by atoms with Gasteiger partial charge in [-0.05, 0) is 56.4 Å². The van der Waals surface area contributed by atoms with Gasteiger partial charge in [0.1, 0.15) is 5.75 Å². The van der Waals surface area contributed by atoms with Gasteiger partial charge in [0.05, 0.1) is 18.9 Å². The van der Waals surface area contributed by atoms with Crippen LogP contribution in [0.1, 0.15) is 32.1 Å². The number of carbonyl (C=O) groups is 2. The molecule has 1 heterocycles. The van der Waals surface area contributed by atoms with E-state index in [0.29, 0.717) is 12.8 Å². The summed E-state index contributed by atoms with van der Waals surface area (Å²) in [7, 11) is 1.61. The van der Waals surface area contributed by atoms with E-state index in [1.54, 1.807) is 7.11 Å². The van der Waals surface area contributed by atoms with Crippen LogP contribution in [0.2, 0.25) is 0 Å². The molecule has 0 unspecified atom stereocenters. The van der Waals surface area contributed by atoms with Crippen molar-refractivity contribution in [2.75, 3.05) is 25.5 Å². The van der Waals surface area contributed by atoms with Gasteiger partial charge in [-0.2, -0.15) is 0 Å². The molecule has 1 saturated heterocycles. The van der Waals surface area contributed by atoms with Gasteiger partial charge in [-0.25, -0.2) is 0 Å². The van der Waals surface area contributed by atoms with Gasteiger partial charge in [-0.3, -0.25) is 9.59 Å². The molecule has 1 aromatic carbocycles. The molecule has 0 radical (unpaired) electrons. The number of methoxy groups -OCH3 is 1. The van der Waals surface area contributed by atoms with E-state index in [2.05, 4.69) is 5.32 Å². The summed E-state index contributed by atoms with van der Waals surface area (Å²) in [6.45, 7) is 1.65. The highest BCUT2D eigenvalue weighted by Crippen LogP contribution is 2.30. The molecule has 3 rings (SSSR count). The lowest BCUT2D eigenvalue weighted by molar-refractivity contribution is -0.141. The summed E-state index contributed by atoms with van der Waals surface area (Å²) in [5, 5.41) is 2.95. The first kappa shape index (κ1) is 17.5. The number of piperidine rings is 1. The van der Waals surface area contributed by atoms with E-state index in [-0.39, 0.29) is 23.7 Å². The highest BCUT2D eigenvalue weighted by Gasteiger charge is 2.36. The number of carbonyl (C=O) groups excluding carboxylic acids is 2. The lowest BCUT2D eigenvalue weighted by Gasteiger charge is -2.34. The van der Waals surface area contributed by atoms with Crippen molar-refractivity contribution >= 4 is 17.5 Å². The number of anilines is 1. The Labute approximate surface area is 149 Å². The predicted molar refractivity (Wildman–Crippen MR) is 97.4 cm³/mol. The zero-order valence-corrected chi connectivity index (χ0v) is 14.7. The second kappa shape index (κ2) is 8.19. The number of likely N-dealkylation sites (tertiary alicyclic amines) is 1. The Morgan fingerprint density at radius 3 is 2.28 bits per heavy atom. The zero-order valence-electron chi connectivity index (χ0n) is 14.7. The third-order valence-corrected chi connectivity index (χ3v) is 5.11. The van der Waals surface area contributed by atoms with E-state index in [9.17, 15) is 9.59 Å². The van der Waals surface area contributed by atoms with Gasteiger partial charge in [0.15, 0.2) is 0 Å². The highest BCUT2D eigenvalue weighted by molar-refractivity contribution is 5.96. The van der Waals surface area contributed by atoms with Gasteiger partial charge in [0.25, 0.3) is 0 Å². The normalized spacial score (nSPS) is 23.2. The van der Waals surface area contributed by atoms with Gasteiger partial charge in [-0.1, -0.05) is 12.2 Å². The average Bonchev–Trinajstić information content (AvgIpc) is 2.68. The van der Waals surface area contributed by atoms with E-state index in [1.807, 2.05) is 41.3 Å². The Balaban J connectivity index is 1.67.